The Morgan fingerprint density at radius 1 is 1.14 bits per heavy atom. The van der Waals surface area contributed by atoms with Gasteiger partial charge in [0.05, 0.1) is 19.3 Å². The smallest absolute Gasteiger partial charge is 0.267 e. The average molecular weight is 476 g/mol. The molecular formula is C24H25N7O4. The Balaban J connectivity index is 1.21. The number of hydrogen-bond acceptors (Lipinski definition) is 8. The Morgan fingerprint density at radius 2 is 2.03 bits per heavy atom. The van der Waals surface area contributed by atoms with Crippen molar-refractivity contribution in [1.82, 2.24) is 34.9 Å². The predicted octanol–water partition coefficient (Wildman–Crippen LogP) is 1.60. The standard InChI is InChI=1S/C24H25N7O4/c1-15(30-22(32)14-16-5-4-8-19(16)28-30)24(33)25-11-12-35-21-10-9-20-26-27-23(31(20)29-21)17-6-3-7-18(13-17)34-2/h3,6-7,9-10,13-15H,4-5,8,11-12H2,1-2H3,(H,25,33). The minimum atomic E-state index is -0.717. The molecular weight excluding hydrogens is 450 g/mol. The second-order valence-corrected chi connectivity index (χ2v) is 8.27. The number of hydrogen-bond donors (Lipinski definition) is 1. The van der Waals surface area contributed by atoms with Gasteiger partial charge in [0, 0.05) is 17.7 Å². The fraction of sp³-hybridized carbons (Fsp3) is 0.333. The van der Waals surface area contributed by atoms with E-state index < -0.39 is 6.04 Å². The molecule has 0 aliphatic heterocycles. The number of nitrogens with zero attached hydrogens (tertiary/aromatic N) is 6. The summed E-state index contributed by atoms with van der Waals surface area (Å²) in [6.07, 6.45) is 2.69. The second kappa shape index (κ2) is 9.53. The molecule has 0 radical (unpaired) electrons. The van der Waals surface area contributed by atoms with Crippen LogP contribution in [0.15, 0.2) is 47.3 Å². The van der Waals surface area contributed by atoms with Gasteiger partial charge in [-0.3, -0.25) is 9.59 Å². The molecule has 1 aliphatic rings. The number of nitrogens with one attached hydrogen (secondary N) is 1. The summed E-state index contributed by atoms with van der Waals surface area (Å²) in [4.78, 5) is 24.9. The molecule has 1 amide bonds. The van der Waals surface area contributed by atoms with Crippen LogP contribution >= 0.6 is 0 Å². The van der Waals surface area contributed by atoms with E-state index in [0.717, 1.165) is 36.1 Å². The Morgan fingerprint density at radius 3 is 2.89 bits per heavy atom. The van der Waals surface area contributed by atoms with Crippen LogP contribution in [0.2, 0.25) is 0 Å². The lowest BCUT2D eigenvalue weighted by Gasteiger charge is -2.15. The maximum Gasteiger partial charge on any atom is 0.267 e. The molecule has 3 heterocycles. The Kier molecular flexibility index (Phi) is 6.13. The zero-order chi connectivity index (χ0) is 24.4. The van der Waals surface area contributed by atoms with Gasteiger partial charge >= 0.3 is 0 Å². The van der Waals surface area contributed by atoms with E-state index in [9.17, 15) is 9.59 Å². The lowest BCUT2D eigenvalue weighted by atomic mass is 10.2. The van der Waals surface area contributed by atoms with Crippen LogP contribution in [-0.4, -0.2) is 55.8 Å². The molecule has 3 aromatic heterocycles. The molecule has 4 aromatic rings. The van der Waals surface area contributed by atoms with E-state index in [1.165, 1.54) is 4.68 Å². The second-order valence-electron chi connectivity index (χ2n) is 8.27. The molecule has 1 atom stereocenters. The molecule has 1 N–H and O–H groups in total. The molecule has 0 fully saturated rings. The Hall–Kier alpha value is -4.28. The van der Waals surface area contributed by atoms with Crippen LogP contribution in [-0.2, 0) is 17.6 Å². The van der Waals surface area contributed by atoms with E-state index in [1.54, 1.807) is 36.7 Å². The van der Waals surface area contributed by atoms with Gasteiger partial charge in [-0.1, -0.05) is 12.1 Å². The van der Waals surface area contributed by atoms with Gasteiger partial charge < -0.3 is 14.8 Å². The van der Waals surface area contributed by atoms with Crippen molar-refractivity contribution in [2.45, 2.75) is 32.2 Å². The van der Waals surface area contributed by atoms with E-state index in [4.69, 9.17) is 9.47 Å². The number of carbonyl (C=O) groups excluding carboxylic acids is 1. The monoisotopic (exact) mass is 475 g/mol. The van der Waals surface area contributed by atoms with E-state index >= 15 is 0 Å². The summed E-state index contributed by atoms with van der Waals surface area (Å²) in [6, 6.07) is 11.8. The average Bonchev–Trinajstić information content (AvgIpc) is 3.51. The van der Waals surface area contributed by atoms with Gasteiger partial charge in [-0.15, -0.1) is 15.3 Å². The summed E-state index contributed by atoms with van der Waals surface area (Å²) in [5.74, 6) is 1.32. The first-order valence-corrected chi connectivity index (χ1v) is 11.4. The minimum absolute atomic E-state index is 0.195. The van der Waals surface area contributed by atoms with Crippen molar-refractivity contribution < 1.29 is 14.3 Å². The third kappa shape index (κ3) is 4.57. The molecule has 11 nitrogen and oxygen atoms in total. The van der Waals surface area contributed by atoms with Crippen molar-refractivity contribution in [2.75, 3.05) is 20.3 Å². The van der Waals surface area contributed by atoms with Crippen molar-refractivity contribution in [3.05, 3.63) is 64.1 Å². The van der Waals surface area contributed by atoms with Crippen molar-refractivity contribution in [2.24, 2.45) is 0 Å². The van der Waals surface area contributed by atoms with Crippen LogP contribution in [0.5, 0.6) is 11.6 Å². The van der Waals surface area contributed by atoms with E-state index in [2.05, 4.69) is 25.7 Å². The number of aryl methyl sites for hydroxylation is 2. The number of ether oxygens (including phenoxy) is 2. The lowest BCUT2D eigenvalue weighted by Crippen LogP contribution is -2.38. The number of carbonyl (C=O) groups is 1. The molecule has 0 bridgehead atoms. The van der Waals surface area contributed by atoms with Crippen LogP contribution < -0.4 is 20.3 Å². The minimum Gasteiger partial charge on any atom is -0.497 e. The maximum atomic E-state index is 12.6. The molecule has 0 spiro atoms. The SMILES string of the molecule is COc1cccc(-c2nnc3ccc(OCCNC(=O)C(C)n4nc5c(cc4=O)CCC5)nn23)c1. The quantitative estimate of drug-likeness (QED) is 0.381. The topological polar surface area (TPSA) is 126 Å². The number of rotatable bonds is 8. The van der Waals surface area contributed by atoms with Gasteiger partial charge in [0.2, 0.25) is 11.8 Å². The van der Waals surface area contributed by atoms with Crippen molar-refractivity contribution in [3.8, 4) is 23.0 Å². The van der Waals surface area contributed by atoms with E-state index in [1.807, 2.05) is 24.3 Å². The normalized spacial score (nSPS) is 13.4. The van der Waals surface area contributed by atoms with Crippen LogP contribution in [0, 0.1) is 0 Å². The Labute approximate surface area is 200 Å². The zero-order valence-electron chi connectivity index (χ0n) is 19.5. The lowest BCUT2D eigenvalue weighted by molar-refractivity contribution is -0.124. The number of fused-ring (bicyclic) bond motifs is 2. The summed E-state index contributed by atoms with van der Waals surface area (Å²) < 4.78 is 13.9. The highest BCUT2D eigenvalue weighted by molar-refractivity contribution is 5.79. The maximum absolute atomic E-state index is 12.6. The van der Waals surface area contributed by atoms with Gasteiger partial charge in [-0.25, -0.2) is 4.68 Å². The summed E-state index contributed by atoms with van der Waals surface area (Å²) in [6.45, 7) is 2.10. The van der Waals surface area contributed by atoms with Crippen LogP contribution in [0.1, 0.15) is 30.6 Å². The fourth-order valence-corrected chi connectivity index (χ4v) is 4.07. The first kappa shape index (κ1) is 22.5. The fourth-order valence-electron chi connectivity index (χ4n) is 4.07. The molecule has 11 heteroatoms. The number of benzene rings is 1. The van der Waals surface area contributed by atoms with Gasteiger partial charge in [0.15, 0.2) is 11.5 Å². The third-order valence-corrected chi connectivity index (χ3v) is 5.95. The summed E-state index contributed by atoms with van der Waals surface area (Å²) >= 11 is 0. The molecule has 0 saturated carbocycles. The van der Waals surface area contributed by atoms with Crippen LogP contribution in [0.3, 0.4) is 0 Å². The molecule has 1 unspecified atom stereocenters. The highest BCUT2D eigenvalue weighted by atomic mass is 16.5. The summed E-state index contributed by atoms with van der Waals surface area (Å²) in [5, 5.41) is 20.0. The molecule has 1 aromatic carbocycles. The first-order valence-electron chi connectivity index (χ1n) is 11.4. The van der Waals surface area contributed by atoms with Gasteiger partial charge in [-0.2, -0.15) is 9.61 Å². The third-order valence-electron chi connectivity index (χ3n) is 5.95. The highest BCUT2D eigenvalue weighted by Crippen LogP contribution is 2.23. The largest absolute Gasteiger partial charge is 0.497 e. The van der Waals surface area contributed by atoms with Crippen LogP contribution in [0.4, 0.5) is 0 Å². The number of amides is 1. The molecule has 0 saturated heterocycles. The highest BCUT2D eigenvalue weighted by Gasteiger charge is 2.21. The molecule has 1 aliphatic carbocycles. The van der Waals surface area contributed by atoms with E-state index in [0.29, 0.717) is 23.1 Å². The van der Waals surface area contributed by atoms with Crippen LogP contribution in [0.25, 0.3) is 17.0 Å². The van der Waals surface area contributed by atoms with Crippen molar-refractivity contribution in [3.63, 3.8) is 0 Å². The van der Waals surface area contributed by atoms with Gasteiger partial charge in [0.25, 0.3) is 5.56 Å². The molecule has 5 rings (SSSR count). The summed E-state index contributed by atoms with van der Waals surface area (Å²) in [5.41, 5.74) is 3.00. The summed E-state index contributed by atoms with van der Waals surface area (Å²) in [7, 11) is 1.60. The van der Waals surface area contributed by atoms with Crippen molar-refractivity contribution >= 4 is 11.6 Å². The molecule has 35 heavy (non-hydrogen) atoms. The Bertz CT molecular complexity index is 1450. The van der Waals surface area contributed by atoms with Crippen molar-refractivity contribution in [1.29, 1.82) is 0 Å². The van der Waals surface area contributed by atoms with E-state index in [-0.39, 0.29) is 24.6 Å². The predicted molar refractivity (Wildman–Crippen MR) is 127 cm³/mol. The number of aromatic nitrogens is 6. The number of methoxy groups -OCH3 is 1. The zero-order valence-corrected chi connectivity index (χ0v) is 19.5. The van der Waals surface area contributed by atoms with Gasteiger partial charge in [0.1, 0.15) is 18.4 Å². The molecule has 180 valence electrons. The first-order chi connectivity index (χ1) is 17.0. The van der Waals surface area contributed by atoms with Gasteiger partial charge in [-0.05, 0) is 49.9 Å².